The van der Waals surface area contributed by atoms with Gasteiger partial charge in [0.1, 0.15) is 13.2 Å². The van der Waals surface area contributed by atoms with Gasteiger partial charge < -0.3 is 14.8 Å². The fourth-order valence-electron chi connectivity index (χ4n) is 2.67. The summed E-state index contributed by atoms with van der Waals surface area (Å²) in [7, 11) is -3.27. The summed E-state index contributed by atoms with van der Waals surface area (Å²) in [6, 6.07) is 11.3. The van der Waals surface area contributed by atoms with E-state index in [0.717, 1.165) is 5.56 Å². The second-order valence-electron chi connectivity index (χ2n) is 6.03. The zero-order valence-electron chi connectivity index (χ0n) is 14.7. The quantitative estimate of drug-likeness (QED) is 0.869. The maximum absolute atomic E-state index is 12.4. The van der Waals surface area contributed by atoms with E-state index in [1.807, 2.05) is 25.1 Å². The Morgan fingerprint density at radius 3 is 2.38 bits per heavy atom. The normalized spacial score (nSPS) is 14.5. The number of hydrogen-bond donors (Lipinski definition) is 1. The van der Waals surface area contributed by atoms with Gasteiger partial charge in [0.15, 0.2) is 21.3 Å². The summed E-state index contributed by atoms with van der Waals surface area (Å²) in [6.07, 6.45) is 0. The first-order chi connectivity index (χ1) is 12.4. The van der Waals surface area contributed by atoms with E-state index in [0.29, 0.717) is 30.3 Å². The molecule has 3 rings (SSSR count). The minimum absolute atomic E-state index is 0.0275. The molecule has 1 amide bonds. The van der Waals surface area contributed by atoms with E-state index in [1.54, 1.807) is 6.92 Å². The Morgan fingerprint density at radius 1 is 1.08 bits per heavy atom. The van der Waals surface area contributed by atoms with Crippen LogP contribution in [0.5, 0.6) is 11.5 Å². The summed E-state index contributed by atoms with van der Waals surface area (Å²) < 4.78 is 34.7. The van der Waals surface area contributed by atoms with Gasteiger partial charge in [-0.2, -0.15) is 0 Å². The lowest BCUT2D eigenvalue weighted by atomic mass is 10.1. The van der Waals surface area contributed by atoms with E-state index in [4.69, 9.17) is 9.47 Å². The monoisotopic (exact) mass is 375 g/mol. The van der Waals surface area contributed by atoms with E-state index in [1.165, 1.54) is 24.3 Å². The largest absolute Gasteiger partial charge is 0.486 e. The SMILES string of the molecule is CCS(=O)(=O)c1ccc(C(=O)NC(C)c2ccc3c(c2)OCCO3)cc1. The van der Waals surface area contributed by atoms with Crippen LogP contribution in [0.15, 0.2) is 47.4 Å². The highest BCUT2D eigenvalue weighted by Crippen LogP contribution is 2.32. The Morgan fingerprint density at radius 2 is 1.73 bits per heavy atom. The van der Waals surface area contributed by atoms with Crippen LogP contribution in [0.3, 0.4) is 0 Å². The second kappa shape index (κ2) is 7.37. The molecule has 2 aromatic carbocycles. The Balaban J connectivity index is 1.71. The standard InChI is InChI=1S/C19H21NO5S/c1-3-26(22,23)16-7-4-14(5-8-16)19(21)20-13(2)15-6-9-17-18(12-15)25-11-10-24-17/h4-9,12-13H,3,10-11H2,1-2H3,(H,20,21). The number of carbonyl (C=O) groups excluding carboxylic acids is 1. The maximum Gasteiger partial charge on any atom is 0.251 e. The van der Waals surface area contributed by atoms with Crippen LogP contribution in [0.1, 0.15) is 35.8 Å². The summed E-state index contributed by atoms with van der Waals surface area (Å²) in [6.45, 7) is 4.50. The van der Waals surface area contributed by atoms with Gasteiger partial charge in [0.25, 0.3) is 5.91 Å². The average Bonchev–Trinajstić information content (AvgIpc) is 2.67. The highest BCUT2D eigenvalue weighted by Gasteiger charge is 2.17. The van der Waals surface area contributed by atoms with Gasteiger partial charge in [0.05, 0.1) is 16.7 Å². The molecule has 0 saturated heterocycles. The molecule has 1 unspecified atom stereocenters. The number of ether oxygens (including phenoxy) is 2. The van der Waals surface area contributed by atoms with Crippen molar-refractivity contribution in [3.05, 3.63) is 53.6 Å². The highest BCUT2D eigenvalue weighted by atomic mass is 32.2. The molecule has 2 aromatic rings. The van der Waals surface area contributed by atoms with E-state index in [9.17, 15) is 13.2 Å². The van der Waals surface area contributed by atoms with Crippen molar-refractivity contribution in [2.45, 2.75) is 24.8 Å². The third-order valence-electron chi connectivity index (χ3n) is 4.27. The summed E-state index contributed by atoms with van der Waals surface area (Å²) in [5.41, 5.74) is 1.30. The van der Waals surface area contributed by atoms with Crippen LogP contribution in [-0.4, -0.2) is 33.3 Å². The van der Waals surface area contributed by atoms with Gasteiger partial charge in [-0.05, 0) is 48.9 Å². The first-order valence-electron chi connectivity index (χ1n) is 8.44. The van der Waals surface area contributed by atoms with Crippen molar-refractivity contribution in [1.82, 2.24) is 5.32 Å². The molecule has 0 aromatic heterocycles. The predicted molar refractivity (Wildman–Crippen MR) is 97.5 cm³/mol. The smallest absolute Gasteiger partial charge is 0.251 e. The lowest BCUT2D eigenvalue weighted by Gasteiger charge is -2.21. The van der Waals surface area contributed by atoms with Crippen LogP contribution >= 0.6 is 0 Å². The summed E-state index contributed by atoms with van der Waals surface area (Å²) in [4.78, 5) is 12.7. The molecule has 0 aliphatic carbocycles. The van der Waals surface area contributed by atoms with Crippen molar-refractivity contribution in [2.24, 2.45) is 0 Å². The lowest BCUT2D eigenvalue weighted by Crippen LogP contribution is -2.27. The molecule has 1 atom stereocenters. The van der Waals surface area contributed by atoms with Gasteiger partial charge >= 0.3 is 0 Å². The number of benzene rings is 2. The Kier molecular flexibility index (Phi) is 5.18. The summed E-state index contributed by atoms with van der Waals surface area (Å²) in [5.74, 6) is 1.13. The fraction of sp³-hybridized carbons (Fsp3) is 0.316. The van der Waals surface area contributed by atoms with Crippen molar-refractivity contribution in [2.75, 3.05) is 19.0 Å². The lowest BCUT2D eigenvalue weighted by molar-refractivity contribution is 0.0939. The zero-order chi connectivity index (χ0) is 18.7. The first kappa shape index (κ1) is 18.3. The predicted octanol–water partition coefficient (Wildman–Crippen LogP) is 2.74. The molecule has 0 radical (unpaired) electrons. The maximum atomic E-state index is 12.4. The molecule has 7 heteroatoms. The van der Waals surface area contributed by atoms with Crippen LogP contribution in [0.2, 0.25) is 0 Å². The molecule has 0 spiro atoms. The number of carbonyl (C=O) groups is 1. The number of fused-ring (bicyclic) bond motifs is 1. The number of amides is 1. The minimum Gasteiger partial charge on any atom is -0.486 e. The molecular formula is C19H21NO5S. The van der Waals surface area contributed by atoms with Crippen molar-refractivity contribution >= 4 is 15.7 Å². The van der Waals surface area contributed by atoms with Gasteiger partial charge in [-0.1, -0.05) is 13.0 Å². The summed E-state index contributed by atoms with van der Waals surface area (Å²) in [5, 5.41) is 2.91. The molecule has 1 aliphatic rings. The molecule has 26 heavy (non-hydrogen) atoms. The minimum atomic E-state index is -3.27. The Hall–Kier alpha value is -2.54. The topological polar surface area (TPSA) is 81.7 Å². The van der Waals surface area contributed by atoms with E-state index >= 15 is 0 Å². The first-order valence-corrected chi connectivity index (χ1v) is 10.1. The molecule has 1 heterocycles. The number of rotatable bonds is 5. The molecule has 0 bridgehead atoms. The number of sulfone groups is 1. The molecular weight excluding hydrogens is 354 g/mol. The third kappa shape index (κ3) is 3.83. The van der Waals surface area contributed by atoms with Gasteiger partial charge in [0, 0.05) is 5.56 Å². The van der Waals surface area contributed by atoms with Crippen molar-refractivity contribution in [3.63, 3.8) is 0 Å². The molecule has 138 valence electrons. The third-order valence-corrected chi connectivity index (χ3v) is 6.02. The van der Waals surface area contributed by atoms with Gasteiger partial charge in [-0.3, -0.25) is 4.79 Å². The number of hydrogen-bond acceptors (Lipinski definition) is 5. The molecule has 1 N–H and O–H groups in total. The fourth-order valence-corrected chi connectivity index (χ4v) is 3.56. The molecule has 0 saturated carbocycles. The van der Waals surface area contributed by atoms with Gasteiger partial charge in [0.2, 0.25) is 0 Å². The van der Waals surface area contributed by atoms with Crippen molar-refractivity contribution in [3.8, 4) is 11.5 Å². The van der Waals surface area contributed by atoms with Crippen LogP contribution in [0.25, 0.3) is 0 Å². The van der Waals surface area contributed by atoms with E-state index in [2.05, 4.69) is 5.32 Å². The van der Waals surface area contributed by atoms with Gasteiger partial charge in [-0.25, -0.2) is 8.42 Å². The van der Waals surface area contributed by atoms with Gasteiger partial charge in [-0.15, -0.1) is 0 Å². The number of nitrogens with one attached hydrogen (secondary N) is 1. The molecule has 0 fully saturated rings. The van der Waals surface area contributed by atoms with E-state index in [-0.39, 0.29) is 22.6 Å². The Bertz CT molecular complexity index is 906. The van der Waals surface area contributed by atoms with Crippen LogP contribution in [0, 0.1) is 0 Å². The van der Waals surface area contributed by atoms with Crippen LogP contribution in [0.4, 0.5) is 0 Å². The van der Waals surface area contributed by atoms with Crippen molar-refractivity contribution < 1.29 is 22.7 Å². The van der Waals surface area contributed by atoms with Crippen molar-refractivity contribution in [1.29, 1.82) is 0 Å². The van der Waals surface area contributed by atoms with E-state index < -0.39 is 9.84 Å². The zero-order valence-corrected chi connectivity index (χ0v) is 15.5. The summed E-state index contributed by atoms with van der Waals surface area (Å²) >= 11 is 0. The molecule has 6 nitrogen and oxygen atoms in total. The average molecular weight is 375 g/mol. The second-order valence-corrected chi connectivity index (χ2v) is 8.30. The van der Waals surface area contributed by atoms with Crippen LogP contribution < -0.4 is 14.8 Å². The highest BCUT2D eigenvalue weighted by molar-refractivity contribution is 7.91. The molecule has 1 aliphatic heterocycles. The van der Waals surface area contributed by atoms with Crippen LogP contribution in [-0.2, 0) is 9.84 Å². The Labute approximate surface area is 153 Å².